The average Bonchev–Trinajstić information content (AvgIpc) is 2.27. The molecule has 0 aliphatic heterocycles. The van der Waals surface area contributed by atoms with Gasteiger partial charge in [-0.05, 0) is 17.5 Å². The zero-order valence-corrected chi connectivity index (χ0v) is 8.73. The number of hydrogen-bond donors (Lipinski definition) is 0. The monoisotopic (exact) mass is 197 g/mol. The third-order valence-electron chi connectivity index (χ3n) is 2.40. The van der Waals surface area contributed by atoms with Gasteiger partial charge in [-0.1, -0.05) is 19.9 Å². The highest BCUT2D eigenvalue weighted by Crippen LogP contribution is 2.24. The zero-order chi connectivity index (χ0) is 10.8. The Hall–Kier alpha value is -1.95. The standard InChI is InChI=1S/C12H11N3/c1-8(2)10-4-3-9(7-13)11-12(10)15-6-5-14-11/h3-6,8H,1-2H3. The van der Waals surface area contributed by atoms with Crippen molar-refractivity contribution in [3.63, 3.8) is 0 Å². The molecule has 0 bridgehead atoms. The van der Waals surface area contributed by atoms with Crippen LogP contribution in [-0.4, -0.2) is 9.97 Å². The molecule has 0 N–H and O–H groups in total. The summed E-state index contributed by atoms with van der Waals surface area (Å²) in [5.41, 5.74) is 3.26. The third kappa shape index (κ3) is 1.55. The Morgan fingerprint density at radius 2 is 1.80 bits per heavy atom. The van der Waals surface area contributed by atoms with E-state index < -0.39 is 0 Å². The Labute approximate surface area is 88.4 Å². The lowest BCUT2D eigenvalue weighted by Crippen LogP contribution is -1.95. The summed E-state index contributed by atoms with van der Waals surface area (Å²) >= 11 is 0. The molecule has 2 rings (SSSR count). The number of fused-ring (bicyclic) bond motifs is 1. The van der Waals surface area contributed by atoms with Crippen LogP contribution in [0.25, 0.3) is 11.0 Å². The number of aromatic nitrogens is 2. The first-order chi connectivity index (χ1) is 7.24. The summed E-state index contributed by atoms with van der Waals surface area (Å²) < 4.78 is 0. The minimum absolute atomic E-state index is 0.386. The molecule has 0 atom stereocenters. The van der Waals surface area contributed by atoms with Crippen LogP contribution in [0.2, 0.25) is 0 Å². The van der Waals surface area contributed by atoms with E-state index in [9.17, 15) is 0 Å². The van der Waals surface area contributed by atoms with E-state index >= 15 is 0 Å². The fourth-order valence-electron chi connectivity index (χ4n) is 1.63. The molecule has 0 saturated heterocycles. The van der Waals surface area contributed by atoms with Crippen LogP contribution in [0.3, 0.4) is 0 Å². The van der Waals surface area contributed by atoms with E-state index in [4.69, 9.17) is 5.26 Å². The van der Waals surface area contributed by atoms with E-state index in [-0.39, 0.29) is 0 Å². The number of benzene rings is 1. The summed E-state index contributed by atoms with van der Waals surface area (Å²) in [5.74, 6) is 0.386. The van der Waals surface area contributed by atoms with Crippen molar-refractivity contribution < 1.29 is 0 Å². The molecule has 0 fully saturated rings. The molecule has 15 heavy (non-hydrogen) atoms. The second kappa shape index (κ2) is 3.66. The molecule has 1 aromatic carbocycles. The van der Waals surface area contributed by atoms with Gasteiger partial charge >= 0.3 is 0 Å². The van der Waals surface area contributed by atoms with Crippen molar-refractivity contribution in [2.45, 2.75) is 19.8 Å². The van der Waals surface area contributed by atoms with Gasteiger partial charge in [0.2, 0.25) is 0 Å². The quantitative estimate of drug-likeness (QED) is 0.706. The van der Waals surface area contributed by atoms with Crippen LogP contribution in [0.4, 0.5) is 0 Å². The lowest BCUT2D eigenvalue weighted by atomic mass is 9.99. The Bertz CT molecular complexity index is 538. The van der Waals surface area contributed by atoms with Gasteiger partial charge in [-0.25, -0.2) is 0 Å². The summed E-state index contributed by atoms with van der Waals surface area (Å²) in [6.07, 6.45) is 3.28. The van der Waals surface area contributed by atoms with Crippen molar-refractivity contribution >= 4 is 11.0 Å². The van der Waals surface area contributed by atoms with Crippen molar-refractivity contribution in [2.24, 2.45) is 0 Å². The summed E-state index contributed by atoms with van der Waals surface area (Å²) in [5, 5.41) is 8.95. The molecular formula is C12H11N3. The van der Waals surface area contributed by atoms with E-state index in [0.29, 0.717) is 17.0 Å². The minimum Gasteiger partial charge on any atom is -0.253 e. The summed E-state index contributed by atoms with van der Waals surface area (Å²) in [4.78, 5) is 8.51. The fourth-order valence-corrected chi connectivity index (χ4v) is 1.63. The second-order valence-electron chi connectivity index (χ2n) is 3.72. The van der Waals surface area contributed by atoms with Crippen LogP contribution in [0.1, 0.15) is 30.9 Å². The molecule has 3 nitrogen and oxygen atoms in total. The van der Waals surface area contributed by atoms with Crippen LogP contribution in [0.5, 0.6) is 0 Å². The Morgan fingerprint density at radius 3 is 2.40 bits per heavy atom. The maximum atomic E-state index is 8.95. The highest BCUT2D eigenvalue weighted by molar-refractivity contribution is 5.83. The topological polar surface area (TPSA) is 49.6 Å². The van der Waals surface area contributed by atoms with Crippen molar-refractivity contribution in [3.8, 4) is 6.07 Å². The van der Waals surface area contributed by atoms with E-state index in [1.165, 1.54) is 0 Å². The number of nitrogens with zero attached hydrogens (tertiary/aromatic N) is 3. The predicted molar refractivity (Wildman–Crippen MR) is 58.3 cm³/mol. The predicted octanol–water partition coefficient (Wildman–Crippen LogP) is 2.62. The number of rotatable bonds is 1. The molecular weight excluding hydrogens is 186 g/mol. The molecule has 1 heterocycles. The first kappa shape index (κ1) is 9.60. The van der Waals surface area contributed by atoms with Gasteiger partial charge < -0.3 is 0 Å². The molecule has 1 aromatic heterocycles. The van der Waals surface area contributed by atoms with E-state index in [0.717, 1.165) is 11.1 Å². The maximum Gasteiger partial charge on any atom is 0.107 e. The summed E-state index contributed by atoms with van der Waals surface area (Å²) in [7, 11) is 0. The largest absolute Gasteiger partial charge is 0.253 e. The van der Waals surface area contributed by atoms with Gasteiger partial charge in [-0.3, -0.25) is 9.97 Å². The molecule has 0 aliphatic carbocycles. The Kier molecular flexibility index (Phi) is 2.34. The highest BCUT2D eigenvalue weighted by atomic mass is 14.8. The summed E-state index contributed by atoms with van der Waals surface area (Å²) in [6, 6.07) is 5.90. The second-order valence-corrected chi connectivity index (χ2v) is 3.72. The molecule has 74 valence electrons. The van der Waals surface area contributed by atoms with Crippen LogP contribution in [0.15, 0.2) is 24.5 Å². The SMILES string of the molecule is CC(C)c1ccc(C#N)c2nccnc12. The van der Waals surface area contributed by atoms with Gasteiger partial charge in [-0.2, -0.15) is 5.26 Å². The van der Waals surface area contributed by atoms with E-state index in [1.807, 2.05) is 12.1 Å². The molecule has 0 saturated carbocycles. The van der Waals surface area contributed by atoms with Crippen molar-refractivity contribution in [1.82, 2.24) is 9.97 Å². The smallest absolute Gasteiger partial charge is 0.107 e. The van der Waals surface area contributed by atoms with E-state index in [2.05, 4.69) is 29.9 Å². The number of hydrogen-bond acceptors (Lipinski definition) is 3. The van der Waals surface area contributed by atoms with Gasteiger partial charge in [0.25, 0.3) is 0 Å². The third-order valence-corrected chi connectivity index (χ3v) is 2.40. The average molecular weight is 197 g/mol. The minimum atomic E-state index is 0.386. The van der Waals surface area contributed by atoms with Crippen molar-refractivity contribution in [3.05, 3.63) is 35.7 Å². The Balaban J connectivity index is 2.85. The summed E-state index contributed by atoms with van der Waals surface area (Å²) in [6.45, 7) is 4.21. The maximum absolute atomic E-state index is 8.95. The van der Waals surface area contributed by atoms with Crippen LogP contribution in [-0.2, 0) is 0 Å². The highest BCUT2D eigenvalue weighted by Gasteiger charge is 2.09. The Morgan fingerprint density at radius 1 is 1.13 bits per heavy atom. The first-order valence-corrected chi connectivity index (χ1v) is 4.87. The normalized spacial score (nSPS) is 10.5. The van der Waals surface area contributed by atoms with Crippen molar-refractivity contribution in [1.29, 1.82) is 5.26 Å². The molecule has 0 spiro atoms. The van der Waals surface area contributed by atoms with Gasteiger partial charge in [0, 0.05) is 12.4 Å². The molecule has 0 radical (unpaired) electrons. The van der Waals surface area contributed by atoms with Crippen LogP contribution >= 0.6 is 0 Å². The van der Waals surface area contributed by atoms with Crippen molar-refractivity contribution in [2.75, 3.05) is 0 Å². The zero-order valence-electron chi connectivity index (χ0n) is 8.73. The van der Waals surface area contributed by atoms with Gasteiger partial charge in [-0.15, -0.1) is 0 Å². The number of nitriles is 1. The lowest BCUT2D eigenvalue weighted by molar-refractivity contribution is 0.871. The molecule has 0 unspecified atom stereocenters. The van der Waals surface area contributed by atoms with Gasteiger partial charge in [0.1, 0.15) is 11.6 Å². The lowest BCUT2D eigenvalue weighted by Gasteiger charge is -2.08. The first-order valence-electron chi connectivity index (χ1n) is 4.87. The molecule has 3 heteroatoms. The molecule has 2 aromatic rings. The van der Waals surface area contributed by atoms with Crippen LogP contribution < -0.4 is 0 Å². The molecule has 0 amide bonds. The van der Waals surface area contributed by atoms with Crippen LogP contribution in [0, 0.1) is 11.3 Å². The van der Waals surface area contributed by atoms with E-state index in [1.54, 1.807) is 12.4 Å². The van der Waals surface area contributed by atoms with Gasteiger partial charge in [0.05, 0.1) is 11.1 Å². The molecule has 0 aliphatic rings. The van der Waals surface area contributed by atoms with Gasteiger partial charge in [0.15, 0.2) is 0 Å². The fraction of sp³-hybridized carbons (Fsp3) is 0.250.